The van der Waals surface area contributed by atoms with Crippen molar-refractivity contribution in [2.24, 2.45) is 5.41 Å². The molecule has 15 heavy (non-hydrogen) atoms. The molecule has 0 aromatic carbocycles. The van der Waals surface area contributed by atoms with E-state index in [1.807, 2.05) is 6.92 Å². The van der Waals surface area contributed by atoms with E-state index < -0.39 is 6.10 Å². The van der Waals surface area contributed by atoms with E-state index in [0.29, 0.717) is 19.5 Å². The highest BCUT2D eigenvalue weighted by Crippen LogP contribution is 2.20. The molecule has 0 saturated carbocycles. The van der Waals surface area contributed by atoms with Gasteiger partial charge in [0.2, 0.25) is 0 Å². The lowest BCUT2D eigenvalue weighted by molar-refractivity contribution is 0.118. The summed E-state index contributed by atoms with van der Waals surface area (Å²) in [7, 11) is 1.73. The topological polar surface area (TPSA) is 52.6 Å². The van der Waals surface area contributed by atoms with Gasteiger partial charge in [-0.25, -0.2) is 4.79 Å². The van der Waals surface area contributed by atoms with Gasteiger partial charge in [0.25, 0.3) is 0 Å². The Morgan fingerprint density at radius 3 is 2.40 bits per heavy atom. The summed E-state index contributed by atoms with van der Waals surface area (Å²) in [6.07, 6.45) is 0.211. The number of aliphatic hydroxyl groups is 1. The highest BCUT2D eigenvalue weighted by Gasteiger charge is 2.17. The molecule has 0 aromatic heterocycles. The first-order valence-corrected chi connectivity index (χ1v) is 5.43. The molecule has 0 aliphatic heterocycles. The highest BCUT2D eigenvalue weighted by atomic mass is 16.3. The lowest BCUT2D eigenvalue weighted by Crippen LogP contribution is -2.41. The summed E-state index contributed by atoms with van der Waals surface area (Å²) in [5.41, 5.74) is 0.0841. The standard InChI is InChI=1S/C11H24N2O2/c1-6-13(5)10(15)12-8-9(14)7-11(2,3)4/h9,14H,6-8H2,1-5H3,(H,12,15). The molecule has 0 bridgehead atoms. The number of hydrogen-bond donors (Lipinski definition) is 2. The molecule has 4 nitrogen and oxygen atoms in total. The van der Waals surface area contributed by atoms with Crippen LogP contribution in [0.2, 0.25) is 0 Å². The van der Waals surface area contributed by atoms with Crippen molar-refractivity contribution in [3.05, 3.63) is 0 Å². The van der Waals surface area contributed by atoms with Gasteiger partial charge in [-0.3, -0.25) is 0 Å². The fourth-order valence-corrected chi connectivity index (χ4v) is 1.26. The normalized spacial score (nSPS) is 13.5. The van der Waals surface area contributed by atoms with Crippen LogP contribution < -0.4 is 5.32 Å². The minimum absolute atomic E-state index is 0.0841. The SMILES string of the molecule is CCN(C)C(=O)NCC(O)CC(C)(C)C. The number of nitrogens with one attached hydrogen (secondary N) is 1. The van der Waals surface area contributed by atoms with Crippen LogP contribution in [0.4, 0.5) is 4.79 Å². The number of nitrogens with zero attached hydrogens (tertiary/aromatic N) is 1. The average molecular weight is 216 g/mol. The highest BCUT2D eigenvalue weighted by molar-refractivity contribution is 5.73. The lowest BCUT2D eigenvalue weighted by atomic mass is 9.89. The maximum atomic E-state index is 11.3. The zero-order valence-corrected chi connectivity index (χ0v) is 10.5. The van der Waals surface area contributed by atoms with Gasteiger partial charge >= 0.3 is 6.03 Å². The maximum Gasteiger partial charge on any atom is 0.317 e. The van der Waals surface area contributed by atoms with Crippen LogP contribution in [0.25, 0.3) is 0 Å². The molecule has 0 saturated heterocycles. The van der Waals surface area contributed by atoms with Crippen LogP contribution in [0.1, 0.15) is 34.1 Å². The number of amides is 2. The van der Waals surface area contributed by atoms with E-state index in [1.165, 1.54) is 0 Å². The number of carbonyl (C=O) groups is 1. The fourth-order valence-electron chi connectivity index (χ4n) is 1.26. The molecule has 0 aromatic rings. The summed E-state index contributed by atoms with van der Waals surface area (Å²) in [5, 5.41) is 12.3. The number of hydrogen-bond acceptors (Lipinski definition) is 2. The second kappa shape index (κ2) is 5.95. The predicted molar refractivity (Wildman–Crippen MR) is 61.8 cm³/mol. The summed E-state index contributed by atoms with van der Waals surface area (Å²) in [6, 6.07) is -0.134. The molecule has 90 valence electrons. The van der Waals surface area contributed by atoms with E-state index in [-0.39, 0.29) is 11.4 Å². The molecule has 4 heteroatoms. The Bertz CT molecular complexity index is 199. The van der Waals surface area contributed by atoms with Crippen LogP contribution in [0, 0.1) is 5.41 Å². The summed E-state index contributed by atoms with van der Waals surface area (Å²) in [5.74, 6) is 0. The zero-order valence-electron chi connectivity index (χ0n) is 10.5. The first kappa shape index (κ1) is 14.2. The van der Waals surface area contributed by atoms with Crippen LogP contribution in [0.5, 0.6) is 0 Å². The Hall–Kier alpha value is -0.770. The summed E-state index contributed by atoms with van der Waals surface area (Å²) in [4.78, 5) is 12.9. The molecule has 1 atom stereocenters. The minimum Gasteiger partial charge on any atom is -0.391 e. The van der Waals surface area contributed by atoms with Crippen molar-refractivity contribution < 1.29 is 9.90 Å². The van der Waals surface area contributed by atoms with Gasteiger partial charge in [0.1, 0.15) is 0 Å². The molecule has 1 unspecified atom stereocenters. The smallest absolute Gasteiger partial charge is 0.317 e. The van der Waals surface area contributed by atoms with Gasteiger partial charge in [-0.1, -0.05) is 20.8 Å². The average Bonchev–Trinajstić information content (AvgIpc) is 2.10. The van der Waals surface area contributed by atoms with Crippen molar-refractivity contribution in [2.75, 3.05) is 20.1 Å². The van der Waals surface area contributed by atoms with E-state index in [0.717, 1.165) is 0 Å². The number of urea groups is 1. The van der Waals surface area contributed by atoms with E-state index in [1.54, 1.807) is 11.9 Å². The third kappa shape index (κ3) is 7.19. The molecular formula is C11H24N2O2. The van der Waals surface area contributed by atoms with E-state index in [9.17, 15) is 9.90 Å². The van der Waals surface area contributed by atoms with Crippen molar-refractivity contribution >= 4 is 6.03 Å². The second-order valence-electron chi connectivity index (χ2n) is 5.12. The largest absolute Gasteiger partial charge is 0.391 e. The quantitative estimate of drug-likeness (QED) is 0.747. The molecule has 2 amide bonds. The third-order valence-corrected chi connectivity index (χ3v) is 2.16. The Labute approximate surface area is 92.7 Å². The molecular weight excluding hydrogens is 192 g/mol. The van der Waals surface area contributed by atoms with Gasteiger partial charge in [-0.2, -0.15) is 0 Å². The van der Waals surface area contributed by atoms with Crippen LogP contribution in [-0.2, 0) is 0 Å². The van der Waals surface area contributed by atoms with Crippen molar-refractivity contribution in [3.63, 3.8) is 0 Å². The van der Waals surface area contributed by atoms with Crippen molar-refractivity contribution in [1.82, 2.24) is 10.2 Å². The van der Waals surface area contributed by atoms with Crippen LogP contribution in [0.15, 0.2) is 0 Å². The monoisotopic (exact) mass is 216 g/mol. The van der Waals surface area contributed by atoms with E-state index >= 15 is 0 Å². The Balaban J connectivity index is 3.81. The van der Waals surface area contributed by atoms with Crippen molar-refractivity contribution in [3.8, 4) is 0 Å². The molecule has 2 N–H and O–H groups in total. The van der Waals surface area contributed by atoms with Gasteiger partial charge in [-0.05, 0) is 18.8 Å². The van der Waals surface area contributed by atoms with Gasteiger partial charge < -0.3 is 15.3 Å². The third-order valence-electron chi connectivity index (χ3n) is 2.16. The van der Waals surface area contributed by atoms with E-state index in [4.69, 9.17) is 0 Å². The van der Waals surface area contributed by atoms with Gasteiger partial charge in [0, 0.05) is 20.1 Å². The first-order chi connectivity index (χ1) is 6.76. The molecule has 0 radical (unpaired) electrons. The second-order valence-corrected chi connectivity index (χ2v) is 5.12. The van der Waals surface area contributed by atoms with Crippen molar-refractivity contribution in [2.45, 2.75) is 40.2 Å². The van der Waals surface area contributed by atoms with E-state index in [2.05, 4.69) is 26.1 Å². The van der Waals surface area contributed by atoms with Crippen LogP contribution in [-0.4, -0.2) is 42.3 Å². The molecule has 0 aliphatic rings. The Morgan fingerprint density at radius 2 is 2.00 bits per heavy atom. The number of carbonyl (C=O) groups excluding carboxylic acids is 1. The maximum absolute atomic E-state index is 11.3. The molecule has 0 fully saturated rings. The molecule has 0 spiro atoms. The summed E-state index contributed by atoms with van der Waals surface area (Å²) in [6.45, 7) is 9.09. The summed E-state index contributed by atoms with van der Waals surface area (Å²) < 4.78 is 0. The number of aliphatic hydroxyl groups excluding tert-OH is 1. The van der Waals surface area contributed by atoms with Crippen LogP contribution in [0.3, 0.4) is 0 Å². The number of rotatable bonds is 4. The Kier molecular flexibility index (Phi) is 5.65. The first-order valence-electron chi connectivity index (χ1n) is 5.43. The summed E-state index contributed by atoms with van der Waals surface area (Å²) >= 11 is 0. The van der Waals surface area contributed by atoms with Crippen molar-refractivity contribution in [1.29, 1.82) is 0 Å². The predicted octanol–water partition coefficient (Wildman–Crippen LogP) is 1.44. The molecule has 0 aliphatic carbocycles. The minimum atomic E-state index is -0.473. The lowest BCUT2D eigenvalue weighted by Gasteiger charge is -2.23. The zero-order chi connectivity index (χ0) is 12.1. The van der Waals surface area contributed by atoms with Crippen LogP contribution >= 0.6 is 0 Å². The fraction of sp³-hybridized carbons (Fsp3) is 0.909. The Morgan fingerprint density at radius 1 is 1.47 bits per heavy atom. The van der Waals surface area contributed by atoms with Gasteiger partial charge in [0.05, 0.1) is 6.10 Å². The molecule has 0 heterocycles. The van der Waals surface area contributed by atoms with Gasteiger partial charge in [-0.15, -0.1) is 0 Å². The van der Waals surface area contributed by atoms with Gasteiger partial charge in [0.15, 0.2) is 0 Å². The molecule has 0 rings (SSSR count).